The fourth-order valence-corrected chi connectivity index (χ4v) is 2.66. The van der Waals surface area contributed by atoms with Gasteiger partial charge in [0.1, 0.15) is 5.82 Å². The number of likely N-dealkylation sites (N-methyl/N-ethyl adjacent to an activating group) is 1. The molecule has 2 atom stereocenters. The van der Waals surface area contributed by atoms with Gasteiger partial charge in [0.25, 0.3) is 0 Å². The van der Waals surface area contributed by atoms with Gasteiger partial charge < -0.3 is 10.1 Å². The number of ether oxygens (including phenoxy) is 1. The molecule has 118 valence electrons. The van der Waals surface area contributed by atoms with Crippen molar-refractivity contribution in [3.63, 3.8) is 0 Å². The number of nitrogens with zero attached hydrogens (tertiary/aromatic N) is 1. The first-order valence-corrected chi connectivity index (χ1v) is 7.21. The average molecular weight is 302 g/mol. The summed E-state index contributed by atoms with van der Waals surface area (Å²) in [5.74, 6) is -2.95. The number of hydrogen-bond donors (Lipinski definition) is 1. The fraction of sp³-hybridized carbons (Fsp3) is 0.600. The average Bonchev–Trinajstić information content (AvgIpc) is 2.44. The summed E-state index contributed by atoms with van der Waals surface area (Å²) < 4.78 is 46.3. The first-order valence-electron chi connectivity index (χ1n) is 7.21. The number of morpholine rings is 1. The Kier molecular flexibility index (Phi) is 5.61. The summed E-state index contributed by atoms with van der Waals surface area (Å²) >= 11 is 0. The fourth-order valence-electron chi connectivity index (χ4n) is 2.66. The van der Waals surface area contributed by atoms with Crippen molar-refractivity contribution in [3.05, 3.63) is 35.1 Å². The van der Waals surface area contributed by atoms with Gasteiger partial charge in [0.05, 0.1) is 18.8 Å². The molecular formula is C15H21F3N2O. The van der Waals surface area contributed by atoms with Crippen molar-refractivity contribution < 1.29 is 17.9 Å². The van der Waals surface area contributed by atoms with E-state index in [1.165, 1.54) is 0 Å². The van der Waals surface area contributed by atoms with Gasteiger partial charge in [-0.15, -0.1) is 0 Å². The van der Waals surface area contributed by atoms with Gasteiger partial charge in [0.2, 0.25) is 0 Å². The molecule has 2 unspecified atom stereocenters. The molecule has 0 bridgehead atoms. The van der Waals surface area contributed by atoms with Gasteiger partial charge in [-0.3, -0.25) is 4.90 Å². The predicted molar refractivity (Wildman–Crippen MR) is 74.6 cm³/mol. The highest BCUT2D eigenvalue weighted by Gasteiger charge is 2.33. The number of benzene rings is 1. The van der Waals surface area contributed by atoms with Gasteiger partial charge in [-0.1, -0.05) is 6.92 Å². The van der Waals surface area contributed by atoms with Gasteiger partial charge in [-0.25, -0.2) is 13.2 Å². The highest BCUT2D eigenvalue weighted by atomic mass is 19.2. The van der Waals surface area contributed by atoms with Crippen LogP contribution in [-0.2, 0) is 4.74 Å². The highest BCUT2D eigenvalue weighted by molar-refractivity contribution is 5.25. The zero-order chi connectivity index (χ0) is 15.4. The van der Waals surface area contributed by atoms with Crippen LogP contribution in [0.2, 0.25) is 0 Å². The molecule has 2 rings (SSSR count). The monoisotopic (exact) mass is 302 g/mol. The molecule has 1 saturated heterocycles. The molecule has 0 amide bonds. The van der Waals surface area contributed by atoms with Crippen molar-refractivity contribution in [2.45, 2.75) is 25.5 Å². The van der Waals surface area contributed by atoms with Crippen molar-refractivity contribution in [2.75, 3.05) is 33.3 Å². The van der Waals surface area contributed by atoms with Gasteiger partial charge in [-0.2, -0.15) is 0 Å². The van der Waals surface area contributed by atoms with Gasteiger partial charge in [0.15, 0.2) is 11.6 Å². The Morgan fingerprint density at radius 1 is 1.24 bits per heavy atom. The smallest absolute Gasteiger partial charge is 0.161 e. The third-order valence-electron chi connectivity index (χ3n) is 3.73. The molecule has 0 saturated carbocycles. The lowest BCUT2D eigenvalue weighted by Crippen LogP contribution is -2.47. The molecule has 1 aliphatic heterocycles. The Bertz CT molecular complexity index is 484. The molecule has 0 aromatic heterocycles. The molecule has 0 spiro atoms. The maximum absolute atomic E-state index is 14.0. The van der Waals surface area contributed by atoms with E-state index in [0.717, 1.165) is 19.0 Å². The van der Waals surface area contributed by atoms with Crippen LogP contribution >= 0.6 is 0 Å². The Morgan fingerprint density at radius 2 is 1.95 bits per heavy atom. The van der Waals surface area contributed by atoms with Gasteiger partial charge >= 0.3 is 0 Å². The summed E-state index contributed by atoms with van der Waals surface area (Å²) in [6.07, 6.45) is 0.682. The zero-order valence-electron chi connectivity index (χ0n) is 12.3. The highest BCUT2D eigenvalue weighted by Crippen LogP contribution is 2.31. The number of halogens is 3. The molecule has 1 aromatic carbocycles. The van der Waals surface area contributed by atoms with Crippen LogP contribution in [-0.4, -0.2) is 44.3 Å². The van der Waals surface area contributed by atoms with Crippen LogP contribution in [0.4, 0.5) is 13.2 Å². The van der Waals surface area contributed by atoms with E-state index in [0.29, 0.717) is 25.8 Å². The predicted octanol–water partition coefficient (Wildman–Crippen LogP) is 2.48. The molecule has 1 heterocycles. The lowest BCUT2D eigenvalue weighted by atomic mass is 9.97. The topological polar surface area (TPSA) is 24.5 Å². The quantitative estimate of drug-likeness (QED) is 0.668. The summed E-state index contributed by atoms with van der Waals surface area (Å²) in [6.45, 7) is 4.58. The van der Waals surface area contributed by atoms with Crippen LogP contribution < -0.4 is 5.32 Å². The van der Waals surface area contributed by atoms with E-state index < -0.39 is 23.5 Å². The molecule has 1 aromatic rings. The Hall–Kier alpha value is -1.11. The largest absolute Gasteiger partial charge is 0.374 e. The van der Waals surface area contributed by atoms with E-state index in [1.54, 1.807) is 0 Å². The molecule has 6 heteroatoms. The molecule has 1 aliphatic rings. The maximum Gasteiger partial charge on any atom is 0.161 e. The summed E-state index contributed by atoms with van der Waals surface area (Å²) in [5.41, 5.74) is 0.138. The zero-order valence-corrected chi connectivity index (χ0v) is 12.3. The third-order valence-corrected chi connectivity index (χ3v) is 3.73. The van der Waals surface area contributed by atoms with E-state index in [-0.39, 0.29) is 11.7 Å². The van der Waals surface area contributed by atoms with E-state index in [2.05, 4.69) is 5.32 Å². The minimum absolute atomic E-state index is 0.138. The van der Waals surface area contributed by atoms with Crippen molar-refractivity contribution in [1.82, 2.24) is 10.2 Å². The van der Waals surface area contributed by atoms with Crippen molar-refractivity contribution in [1.29, 1.82) is 0 Å². The summed E-state index contributed by atoms with van der Waals surface area (Å²) in [4.78, 5) is 1.91. The number of rotatable bonds is 5. The van der Waals surface area contributed by atoms with E-state index >= 15 is 0 Å². The first kappa shape index (κ1) is 16.3. The molecule has 1 fully saturated rings. The van der Waals surface area contributed by atoms with Crippen LogP contribution in [0.5, 0.6) is 0 Å². The lowest BCUT2D eigenvalue weighted by Gasteiger charge is -2.39. The Labute approximate surface area is 123 Å². The van der Waals surface area contributed by atoms with Gasteiger partial charge in [0, 0.05) is 24.7 Å². The van der Waals surface area contributed by atoms with Gasteiger partial charge in [-0.05, 0) is 26.1 Å². The van der Waals surface area contributed by atoms with Crippen LogP contribution in [0.3, 0.4) is 0 Å². The maximum atomic E-state index is 14.0. The lowest BCUT2D eigenvalue weighted by molar-refractivity contribution is -0.0624. The Balaban J connectivity index is 2.25. The number of nitrogens with one attached hydrogen (secondary N) is 1. The van der Waals surface area contributed by atoms with E-state index in [1.807, 2.05) is 18.9 Å². The minimum Gasteiger partial charge on any atom is -0.374 e. The molecule has 3 nitrogen and oxygen atoms in total. The van der Waals surface area contributed by atoms with Crippen molar-refractivity contribution in [3.8, 4) is 0 Å². The second-order valence-electron chi connectivity index (χ2n) is 5.33. The molecule has 21 heavy (non-hydrogen) atoms. The van der Waals surface area contributed by atoms with E-state index in [9.17, 15) is 13.2 Å². The summed E-state index contributed by atoms with van der Waals surface area (Å²) in [5, 5.41) is 3.23. The molecular weight excluding hydrogens is 281 g/mol. The van der Waals surface area contributed by atoms with Crippen LogP contribution in [0, 0.1) is 17.5 Å². The second kappa shape index (κ2) is 7.24. The van der Waals surface area contributed by atoms with Crippen LogP contribution in [0.15, 0.2) is 12.1 Å². The minimum atomic E-state index is -1.17. The summed E-state index contributed by atoms with van der Waals surface area (Å²) in [6, 6.07) is 1.11. The second-order valence-corrected chi connectivity index (χ2v) is 5.33. The SMILES string of the molecule is CCCNCC1OCCN(C)C1c1cc(F)c(F)cc1F. The van der Waals surface area contributed by atoms with E-state index in [4.69, 9.17) is 4.74 Å². The first-order chi connectivity index (χ1) is 10.0. The molecule has 0 aliphatic carbocycles. The third kappa shape index (κ3) is 3.75. The normalized spacial score (nSPS) is 23.5. The standard InChI is InChI=1S/C15H21F3N2O/c1-3-4-19-9-14-15(20(2)5-6-21-14)10-7-12(17)13(18)8-11(10)16/h7-8,14-15,19H,3-6,9H2,1-2H3. The molecule has 0 radical (unpaired) electrons. The van der Waals surface area contributed by atoms with Crippen molar-refractivity contribution >= 4 is 0 Å². The number of hydrogen-bond acceptors (Lipinski definition) is 3. The Morgan fingerprint density at radius 3 is 2.67 bits per heavy atom. The van der Waals surface area contributed by atoms with Crippen LogP contribution in [0.25, 0.3) is 0 Å². The van der Waals surface area contributed by atoms with Crippen LogP contribution in [0.1, 0.15) is 24.9 Å². The van der Waals surface area contributed by atoms with Crippen molar-refractivity contribution in [2.24, 2.45) is 0 Å². The molecule has 1 N–H and O–H groups in total. The summed E-state index contributed by atoms with van der Waals surface area (Å²) in [7, 11) is 1.83.